The first kappa shape index (κ1) is 13.0. The van der Waals surface area contributed by atoms with Crippen molar-refractivity contribution in [1.82, 2.24) is 15.0 Å². The second kappa shape index (κ2) is 4.68. The average molecular weight is 263 g/mol. The van der Waals surface area contributed by atoms with Gasteiger partial charge in [0.05, 0.1) is 16.6 Å². The van der Waals surface area contributed by atoms with Gasteiger partial charge >= 0.3 is 5.97 Å². The van der Waals surface area contributed by atoms with Gasteiger partial charge in [-0.1, -0.05) is 5.16 Å². The Morgan fingerprint density at radius 2 is 2.16 bits per heavy atom. The number of aryl methyl sites for hydroxylation is 1. The highest BCUT2D eigenvalue weighted by Crippen LogP contribution is 2.18. The minimum atomic E-state index is -1.06. The summed E-state index contributed by atoms with van der Waals surface area (Å²) in [5.41, 5.74) is 1.28. The maximum absolute atomic E-state index is 12.1. The van der Waals surface area contributed by atoms with E-state index in [9.17, 15) is 9.59 Å². The number of carbonyl (C=O) groups is 2. The van der Waals surface area contributed by atoms with Crippen molar-refractivity contribution < 1.29 is 19.2 Å². The first-order valence-corrected chi connectivity index (χ1v) is 5.64. The van der Waals surface area contributed by atoms with Crippen molar-refractivity contribution in [2.45, 2.75) is 19.9 Å². The number of carboxylic acids is 1. The maximum Gasteiger partial charge on any atom is 0.326 e. The molecule has 0 radical (unpaired) electrons. The third kappa shape index (κ3) is 2.26. The van der Waals surface area contributed by atoms with Crippen molar-refractivity contribution in [3.05, 3.63) is 23.5 Å². The van der Waals surface area contributed by atoms with Gasteiger partial charge in [-0.3, -0.25) is 4.79 Å². The Morgan fingerprint density at radius 3 is 2.79 bits per heavy atom. The molecule has 0 bridgehead atoms. The summed E-state index contributed by atoms with van der Waals surface area (Å²) in [6, 6.07) is 0.688. The highest BCUT2D eigenvalue weighted by Gasteiger charge is 2.23. The van der Waals surface area contributed by atoms with Crippen molar-refractivity contribution >= 4 is 23.0 Å². The molecule has 0 saturated heterocycles. The van der Waals surface area contributed by atoms with E-state index in [1.807, 2.05) is 0 Å². The van der Waals surface area contributed by atoms with Crippen LogP contribution in [0.4, 0.5) is 0 Å². The second-order valence-corrected chi connectivity index (χ2v) is 4.27. The Balaban J connectivity index is 2.35. The molecule has 7 heteroatoms. The predicted molar refractivity (Wildman–Crippen MR) is 65.7 cm³/mol. The van der Waals surface area contributed by atoms with Crippen molar-refractivity contribution in [3.63, 3.8) is 0 Å². The Bertz CT molecular complexity index is 649. The summed E-state index contributed by atoms with van der Waals surface area (Å²) < 4.78 is 4.95. The van der Waals surface area contributed by atoms with Gasteiger partial charge in [0.15, 0.2) is 0 Å². The van der Waals surface area contributed by atoms with Crippen molar-refractivity contribution in [3.8, 4) is 0 Å². The van der Waals surface area contributed by atoms with Crippen LogP contribution in [0.3, 0.4) is 0 Å². The van der Waals surface area contributed by atoms with E-state index in [1.165, 1.54) is 20.2 Å². The number of likely N-dealkylation sites (N-methyl/N-ethyl adjacent to an activating group) is 1. The summed E-state index contributed by atoms with van der Waals surface area (Å²) in [5, 5.41) is 13.3. The number of hydrogen-bond acceptors (Lipinski definition) is 5. The topological polar surface area (TPSA) is 96.5 Å². The van der Waals surface area contributed by atoms with E-state index < -0.39 is 17.9 Å². The van der Waals surface area contributed by atoms with E-state index >= 15 is 0 Å². The van der Waals surface area contributed by atoms with Crippen LogP contribution >= 0.6 is 0 Å². The summed E-state index contributed by atoms with van der Waals surface area (Å²) in [7, 11) is 1.44. The quantitative estimate of drug-likeness (QED) is 0.889. The monoisotopic (exact) mass is 263 g/mol. The lowest BCUT2D eigenvalue weighted by Gasteiger charge is -2.21. The molecule has 0 saturated carbocycles. The third-order valence-electron chi connectivity index (χ3n) is 3.02. The van der Waals surface area contributed by atoms with E-state index in [-0.39, 0.29) is 0 Å². The van der Waals surface area contributed by atoms with Crippen LogP contribution < -0.4 is 0 Å². The molecule has 19 heavy (non-hydrogen) atoms. The number of pyridine rings is 1. The van der Waals surface area contributed by atoms with Gasteiger partial charge in [-0.05, 0) is 19.9 Å². The van der Waals surface area contributed by atoms with E-state index in [2.05, 4.69) is 10.1 Å². The molecular formula is C12H13N3O4. The molecule has 2 rings (SSSR count). The number of carbonyl (C=O) groups excluding carboxylic acids is 1. The summed E-state index contributed by atoms with van der Waals surface area (Å²) in [5.74, 6) is -1.48. The summed E-state index contributed by atoms with van der Waals surface area (Å²) in [4.78, 5) is 28.1. The van der Waals surface area contributed by atoms with Gasteiger partial charge in [0.1, 0.15) is 6.04 Å². The molecule has 1 unspecified atom stereocenters. The zero-order chi connectivity index (χ0) is 14.2. The molecule has 0 aromatic carbocycles. The van der Waals surface area contributed by atoms with E-state index in [0.29, 0.717) is 22.4 Å². The van der Waals surface area contributed by atoms with Crippen LogP contribution in [0.25, 0.3) is 11.1 Å². The number of amides is 1. The van der Waals surface area contributed by atoms with E-state index in [1.54, 1.807) is 13.0 Å². The minimum Gasteiger partial charge on any atom is -0.480 e. The van der Waals surface area contributed by atoms with Gasteiger partial charge < -0.3 is 14.5 Å². The normalized spacial score (nSPS) is 12.4. The van der Waals surface area contributed by atoms with E-state index in [4.69, 9.17) is 9.63 Å². The zero-order valence-corrected chi connectivity index (χ0v) is 10.7. The molecule has 1 N–H and O–H groups in total. The Kier molecular flexibility index (Phi) is 3.20. The zero-order valence-electron chi connectivity index (χ0n) is 10.7. The van der Waals surface area contributed by atoms with Crippen LogP contribution in [0.2, 0.25) is 0 Å². The van der Waals surface area contributed by atoms with Gasteiger partial charge in [0.2, 0.25) is 0 Å². The molecule has 1 amide bonds. The van der Waals surface area contributed by atoms with Gasteiger partial charge in [-0.2, -0.15) is 0 Å². The average Bonchev–Trinajstić information content (AvgIpc) is 2.77. The summed E-state index contributed by atoms with van der Waals surface area (Å²) in [6.07, 6.45) is 1.35. The summed E-state index contributed by atoms with van der Waals surface area (Å²) in [6.45, 7) is 3.18. The molecule has 0 aliphatic rings. The smallest absolute Gasteiger partial charge is 0.326 e. The lowest BCUT2D eigenvalue weighted by molar-refractivity contribution is -0.141. The van der Waals surface area contributed by atoms with Crippen LogP contribution in [-0.2, 0) is 4.79 Å². The van der Waals surface area contributed by atoms with E-state index in [0.717, 1.165) is 4.90 Å². The molecule has 1 atom stereocenters. The molecule has 2 aromatic rings. The number of aliphatic carboxylic acids is 1. The minimum absolute atomic E-state index is 0.300. The number of rotatable bonds is 3. The van der Waals surface area contributed by atoms with Crippen molar-refractivity contribution in [2.75, 3.05) is 7.05 Å². The Morgan fingerprint density at radius 1 is 1.47 bits per heavy atom. The molecule has 0 fully saturated rings. The molecule has 0 spiro atoms. The fourth-order valence-electron chi connectivity index (χ4n) is 1.61. The fraction of sp³-hybridized carbons (Fsp3) is 0.333. The highest BCUT2D eigenvalue weighted by atomic mass is 16.5. The standard InChI is InChI=1S/C12H13N3O4/c1-6-9-4-8(5-13-10(9)19-14-6)11(16)15(3)7(2)12(17)18/h4-5,7H,1-3H3,(H,17,18). The summed E-state index contributed by atoms with van der Waals surface area (Å²) >= 11 is 0. The Hall–Kier alpha value is -2.44. The lowest BCUT2D eigenvalue weighted by atomic mass is 10.1. The van der Waals surface area contributed by atoms with Gasteiger partial charge in [-0.15, -0.1) is 0 Å². The maximum atomic E-state index is 12.1. The number of nitrogens with zero attached hydrogens (tertiary/aromatic N) is 3. The number of hydrogen-bond donors (Lipinski definition) is 1. The largest absolute Gasteiger partial charge is 0.480 e. The first-order valence-electron chi connectivity index (χ1n) is 5.64. The van der Waals surface area contributed by atoms with Crippen LogP contribution in [0.1, 0.15) is 23.0 Å². The predicted octanol–water partition coefficient (Wildman–Crippen LogP) is 1.08. The molecule has 100 valence electrons. The van der Waals surface area contributed by atoms with Crippen molar-refractivity contribution in [2.24, 2.45) is 0 Å². The molecule has 2 heterocycles. The molecule has 2 aromatic heterocycles. The molecular weight excluding hydrogens is 250 g/mol. The third-order valence-corrected chi connectivity index (χ3v) is 3.02. The van der Waals surface area contributed by atoms with Gasteiger partial charge in [0.25, 0.3) is 11.6 Å². The van der Waals surface area contributed by atoms with Crippen molar-refractivity contribution in [1.29, 1.82) is 0 Å². The Labute approximate surface area is 108 Å². The SMILES string of the molecule is Cc1noc2ncc(C(=O)N(C)C(C)C(=O)O)cc12. The molecule has 0 aliphatic carbocycles. The molecule has 7 nitrogen and oxygen atoms in total. The number of aromatic nitrogens is 2. The fourth-order valence-corrected chi connectivity index (χ4v) is 1.61. The molecule has 0 aliphatic heterocycles. The van der Waals surface area contributed by atoms with Crippen LogP contribution in [0.5, 0.6) is 0 Å². The second-order valence-electron chi connectivity index (χ2n) is 4.27. The van der Waals surface area contributed by atoms with Gasteiger partial charge in [-0.25, -0.2) is 9.78 Å². The number of carboxylic acid groups (broad SMARTS) is 1. The van der Waals surface area contributed by atoms with Gasteiger partial charge in [0, 0.05) is 13.2 Å². The number of fused-ring (bicyclic) bond motifs is 1. The van der Waals surface area contributed by atoms with Crippen LogP contribution in [0, 0.1) is 6.92 Å². The van der Waals surface area contributed by atoms with Crippen LogP contribution in [-0.4, -0.2) is 45.1 Å². The lowest BCUT2D eigenvalue weighted by Crippen LogP contribution is -2.40. The van der Waals surface area contributed by atoms with Crippen LogP contribution in [0.15, 0.2) is 16.8 Å². The first-order chi connectivity index (χ1) is 8.91. The highest BCUT2D eigenvalue weighted by molar-refractivity contribution is 5.98.